The van der Waals surface area contributed by atoms with Gasteiger partial charge >= 0.3 is 0 Å². The molecule has 0 radical (unpaired) electrons. The Morgan fingerprint density at radius 1 is 0.500 bits per heavy atom. The molecule has 8 unspecified atom stereocenters. The zero-order valence-corrected chi connectivity index (χ0v) is 21.8. The lowest BCUT2D eigenvalue weighted by atomic mass is 9.12. The van der Waals surface area contributed by atoms with Crippen LogP contribution in [0.4, 0.5) is 0 Å². The minimum absolute atomic E-state index is 0.506. The topological polar surface area (TPSA) is 0 Å². The van der Waals surface area contributed by atoms with Crippen molar-refractivity contribution in [3.8, 4) is 0 Å². The Morgan fingerprint density at radius 2 is 0.967 bits per heavy atom. The van der Waals surface area contributed by atoms with E-state index in [4.69, 9.17) is 0 Å². The van der Waals surface area contributed by atoms with Crippen LogP contribution in [0.2, 0.25) is 0 Å². The predicted molar refractivity (Wildman–Crippen MR) is 127 cm³/mol. The van der Waals surface area contributed by atoms with E-state index in [1.54, 1.807) is 19.3 Å². The van der Waals surface area contributed by atoms with Crippen LogP contribution in [0.25, 0.3) is 0 Å². The molecule has 9 atom stereocenters. The molecule has 0 aromatic rings. The van der Waals surface area contributed by atoms with Crippen LogP contribution < -0.4 is 0 Å². The van der Waals surface area contributed by atoms with Crippen molar-refractivity contribution in [1.29, 1.82) is 0 Å². The highest BCUT2D eigenvalue weighted by Crippen LogP contribution is 2.94. The Hall–Kier alpha value is 0. The van der Waals surface area contributed by atoms with Crippen LogP contribution in [-0.4, -0.2) is 0 Å². The first-order valence-corrected chi connectivity index (χ1v) is 13.8. The van der Waals surface area contributed by atoms with E-state index in [9.17, 15) is 0 Å². The van der Waals surface area contributed by atoms with Crippen molar-refractivity contribution in [2.75, 3.05) is 0 Å². The van der Waals surface area contributed by atoms with E-state index < -0.39 is 0 Å². The molecule has 0 spiro atoms. The molecular weight excluding hydrogens is 360 g/mol. The van der Waals surface area contributed by atoms with Gasteiger partial charge in [0.1, 0.15) is 0 Å². The van der Waals surface area contributed by atoms with Gasteiger partial charge in [-0.3, -0.25) is 0 Å². The van der Waals surface area contributed by atoms with E-state index in [2.05, 4.69) is 62.3 Å². The second-order valence-corrected chi connectivity index (χ2v) is 15.5. The van der Waals surface area contributed by atoms with Gasteiger partial charge in [0, 0.05) is 0 Å². The average molecular weight is 411 g/mol. The molecule has 0 aromatic heterocycles. The monoisotopic (exact) mass is 410 g/mol. The minimum Gasteiger partial charge on any atom is -0.0619 e. The lowest BCUT2D eigenvalue weighted by molar-refractivity contribution is -0.441. The summed E-state index contributed by atoms with van der Waals surface area (Å²) in [4.78, 5) is 0. The molecule has 0 aromatic carbocycles. The van der Waals surface area contributed by atoms with Gasteiger partial charge in [0.2, 0.25) is 0 Å². The normalized spacial score (nSPS) is 61.3. The Balaban J connectivity index is 1.61. The van der Waals surface area contributed by atoms with Gasteiger partial charge in [0.05, 0.1) is 0 Å². The highest BCUT2D eigenvalue weighted by Gasteiger charge is 2.88. The van der Waals surface area contributed by atoms with Crippen molar-refractivity contribution >= 4 is 0 Å². The standard InChI is InChI=1S/C30H50/c1-19-10-12-21-16-28(19,24(21,3)4)27(9)15-14-23-18-30(27,26(23,7)8)29-17-22(25(29,5)6)13-11-20(29)2/h19-23H,10-18H2,1-9H3/t19?,20?,21?,22?,23?,27?,28?,29-,30?/m0/s1. The van der Waals surface area contributed by atoms with E-state index in [0.717, 1.165) is 29.6 Å². The highest BCUT2D eigenvalue weighted by molar-refractivity contribution is 5.36. The van der Waals surface area contributed by atoms with Crippen molar-refractivity contribution in [3.63, 3.8) is 0 Å². The molecule has 9 fully saturated rings. The maximum atomic E-state index is 2.89. The van der Waals surface area contributed by atoms with Crippen LogP contribution in [0.5, 0.6) is 0 Å². The van der Waals surface area contributed by atoms with E-state index in [0.29, 0.717) is 37.9 Å². The second-order valence-electron chi connectivity index (χ2n) is 15.5. The van der Waals surface area contributed by atoms with Crippen molar-refractivity contribution in [2.24, 2.45) is 67.5 Å². The molecule has 30 heavy (non-hydrogen) atoms. The minimum atomic E-state index is 0.506. The fourth-order valence-corrected chi connectivity index (χ4v) is 13.9. The Kier molecular flexibility index (Phi) is 3.58. The predicted octanol–water partition coefficient (Wildman–Crippen LogP) is 8.74. The van der Waals surface area contributed by atoms with Gasteiger partial charge in [-0.2, -0.15) is 0 Å². The van der Waals surface area contributed by atoms with Crippen LogP contribution in [-0.2, 0) is 0 Å². The second kappa shape index (κ2) is 5.22. The summed E-state index contributed by atoms with van der Waals surface area (Å²) in [7, 11) is 0. The third-order valence-corrected chi connectivity index (χ3v) is 15.4. The summed E-state index contributed by atoms with van der Waals surface area (Å²) in [6, 6.07) is 0. The van der Waals surface area contributed by atoms with Crippen LogP contribution in [0, 0.1) is 67.5 Å². The number of rotatable bonds is 2. The number of fused-ring (bicyclic) bond motifs is 6. The first-order valence-electron chi connectivity index (χ1n) is 13.8. The molecule has 9 rings (SSSR count). The van der Waals surface area contributed by atoms with E-state index in [1.165, 1.54) is 38.5 Å². The average Bonchev–Trinajstić information content (AvgIpc) is 2.67. The van der Waals surface area contributed by atoms with Crippen molar-refractivity contribution < 1.29 is 0 Å². The fraction of sp³-hybridized carbons (Fsp3) is 1.00. The largest absolute Gasteiger partial charge is 0.0619 e. The summed E-state index contributed by atoms with van der Waals surface area (Å²) in [5.74, 6) is 4.78. The van der Waals surface area contributed by atoms with Gasteiger partial charge in [-0.15, -0.1) is 0 Å². The van der Waals surface area contributed by atoms with Gasteiger partial charge < -0.3 is 0 Å². The zero-order chi connectivity index (χ0) is 21.8. The molecular formula is C30H50. The van der Waals surface area contributed by atoms with E-state index in [-0.39, 0.29) is 0 Å². The molecule has 9 aliphatic rings. The molecule has 0 N–H and O–H groups in total. The highest BCUT2D eigenvalue weighted by atomic mass is 14.9. The maximum absolute atomic E-state index is 2.89. The van der Waals surface area contributed by atoms with Gasteiger partial charge in [0.15, 0.2) is 0 Å². The van der Waals surface area contributed by atoms with Gasteiger partial charge in [-0.05, 0) is 125 Å². The van der Waals surface area contributed by atoms with Crippen LogP contribution in [0.1, 0.15) is 120 Å². The molecule has 0 amide bonds. The van der Waals surface area contributed by atoms with Crippen LogP contribution >= 0.6 is 0 Å². The molecule has 0 nitrogen and oxygen atoms in total. The van der Waals surface area contributed by atoms with Gasteiger partial charge in [-0.1, -0.05) is 62.3 Å². The molecule has 170 valence electrons. The summed E-state index contributed by atoms with van der Waals surface area (Å²) < 4.78 is 0. The lowest BCUT2D eigenvalue weighted by Gasteiger charge is -2.92. The van der Waals surface area contributed by atoms with E-state index >= 15 is 0 Å². The summed E-state index contributed by atoms with van der Waals surface area (Å²) >= 11 is 0. The molecule has 9 saturated carbocycles. The third kappa shape index (κ3) is 1.54. The molecule has 6 bridgehead atoms. The SMILES string of the molecule is CC1CCC2CC1(C1(C)CCC3CC1([C@@]14CC(CCC1C)C4(C)C)C3(C)C)C2(C)C. The molecule has 0 heterocycles. The third-order valence-electron chi connectivity index (χ3n) is 15.4. The Bertz CT molecular complexity index is 786. The zero-order valence-electron chi connectivity index (χ0n) is 21.8. The Labute approximate surface area is 187 Å². The summed E-state index contributed by atoms with van der Waals surface area (Å²) in [6.45, 7) is 24.7. The van der Waals surface area contributed by atoms with Crippen molar-refractivity contribution in [2.45, 2.75) is 120 Å². The fourth-order valence-electron chi connectivity index (χ4n) is 13.9. The summed E-state index contributed by atoms with van der Waals surface area (Å²) in [5.41, 5.74) is 3.78. The van der Waals surface area contributed by atoms with Crippen LogP contribution in [0.3, 0.4) is 0 Å². The van der Waals surface area contributed by atoms with Crippen molar-refractivity contribution in [1.82, 2.24) is 0 Å². The van der Waals surface area contributed by atoms with Crippen molar-refractivity contribution in [3.05, 3.63) is 0 Å². The smallest absolute Gasteiger partial charge is 0.0117 e. The van der Waals surface area contributed by atoms with E-state index in [1.807, 2.05) is 0 Å². The molecule has 0 heteroatoms. The number of hydrogen-bond donors (Lipinski definition) is 0. The first kappa shape index (κ1) is 20.6. The lowest BCUT2D eigenvalue weighted by Crippen LogP contribution is -2.86. The molecule has 9 aliphatic carbocycles. The molecule has 0 saturated heterocycles. The van der Waals surface area contributed by atoms with Crippen LogP contribution in [0.15, 0.2) is 0 Å². The first-order chi connectivity index (χ1) is 13.8. The quantitative estimate of drug-likeness (QED) is 0.427. The number of hydrogen-bond acceptors (Lipinski definition) is 0. The summed E-state index contributed by atoms with van der Waals surface area (Å²) in [6.07, 6.45) is 13.7. The van der Waals surface area contributed by atoms with Gasteiger partial charge in [0.25, 0.3) is 0 Å². The molecule has 0 aliphatic heterocycles. The maximum Gasteiger partial charge on any atom is -0.0117 e. The summed E-state index contributed by atoms with van der Waals surface area (Å²) in [5, 5.41) is 0. The van der Waals surface area contributed by atoms with Gasteiger partial charge in [-0.25, -0.2) is 0 Å². The Morgan fingerprint density at radius 3 is 1.40 bits per heavy atom.